The summed E-state index contributed by atoms with van der Waals surface area (Å²) in [5, 5.41) is 5.21. The third kappa shape index (κ3) is 5.50. The molecule has 0 radical (unpaired) electrons. The maximum Gasteiger partial charge on any atom is 1.00 e. The van der Waals surface area contributed by atoms with Gasteiger partial charge in [0.25, 0.3) is 0 Å². The number of rotatable bonds is 2. The van der Waals surface area contributed by atoms with Crippen LogP contribution in [0.15, 0.2) is 0 Å². The predicted molar refractivity (Wildman–Crippen MR) is 25.1 cm³/mol. The van der Waals surface area contributed by atoms with Gasteiger partial charge in [0.05, 0.1) is 0 Å². The maximum atomic E-state index is 11.0. The van der Waals surface area contributed by atoms with E-state index in [0.717, 1.165) is 0 Å². The molecule has 0 atom stereocenters. The minimum atomic E-state index is -5.13. The van der Waals surface area contributed by atoms with E-state index in [9.17, 15) is 22.0 Å². The van der Waals surface area contributed by atoms with Crippen molar-refractivity contribution in [2.75, 3.05) is 0 Å². The van der Waals surface area contributed by atoms with Crippen molar-refractivity contribution in [1.29, 1.82) is 0 Å². The van der Waals surface area contributed by atoms with Gasteiger partial charge in [0.15, 0.2) is 0 Å². The second-order valence-electron chi connectivity index (χ2n) is 1.08. The van der Waals surface area contributed by atoms with Gasteiger partial charge < -0.3 is 6.53 Å². The molecule has 0 fully saturated rings. The van der Waals surface area contributed by atoms with E-state index in [0.29, 0.717) is 0 Å². The van der Waals surface area contributed by atoms with Crippen LogP contribution in [0.3, 0.4) is 0 Å². The molecule has 0 bridgehead atoms. The van der Waals surface area contributed by atoms with Gasteiger partial charge in [0.2, 0.25) is 0 Å². The van der Waals surface area contributed by atoms with Crippen molar-refractivity contribution < 1.29 is 62.3 Å². The molecule has 1 N–H and O–H groups in total. The second-order valence-corrected chi connectivity index (χ2v) is 2.53. The maximum absolute atomic E-state index is 11.0. The minimum Gasteiger partial charge on any atom is -1.00 e. The Bertz CT molecular complexity index is 228. The standard InChI is InChI=1S/C2H2F2O5S.Na.H/c3-1(4)9-10(7,8)2(5)6;;/h1H,(H,5,6);;/q;+1;-1. The van der Waals surface area contributed by atoms with Crippen molar-refractivity contribution in [2.45, 2.75) is 6.61 Å². The van der Waals surface area contributed by atoms with Crippen molar-refractivity contribution in [1.82, 2.24) is 0 Å². The van der Waals surface area contributed by atoms with Gasteiger partial charge in [0, 0.05) is 0 Å². The number of hydrogen-bond donors (Lipinski definition) is 1. The number of halogens is 2. The van der Waals surface area contributed by atoms with Crippen LogP contribution >= 0.6 is 0 Å². The fourth-order valence-electron chi connectivity index (χ4n) is 0.137. The Labute approximate surface area is 84.2 Å². The smallest absolute Gasteiger partial charge is 1.00 e. The number of carboxylic acid groups (broad SMARTS) is 1. The van der Waals surface area contributed by atoms with Gasteiger partial charge >= 0.3 is 51.6 Å². The van der Waals surface area contributed by atoms with Gasteiger partial charge in [-0.1, -0.05) is 0 Å². The first-order valence-electron chi connectivity index (χ1n) is 1.80. The SMILES string of the molecule is O=C(O)S(=O)(=O)OC(F)F.[H-].[Na+]. The normalized spacial score (nSPS) is 10.8. The van der Waals surface area contributed by atoms with Crippen LogP contribution < -0.4 is 29.6 Å². The molecule has 0 unspecified atom stereocenters. The molecule has 0 aromatic rings. The first-order chi connectivity index (χ1) is 4.36. The zero-order chi connectivity index (χ0) is 8.36. The molecule has 0 rings (SSSR count). The Morgan fingerprint density at radius 3 is 2.00 bits per heavy atom. The minimum absolute atomic E-state index is 0. The molecule has 0 saturated carbocycles. The predicted octanol–water partition coefficient (Wildman–Crippen LogP) is -2.65. The molecule has 11 heavy (non-hydrogen) atoms. The average molecular weight is 200 g/mol. The first-order valence-corrected chi connectivity index (χ1v) is 3.21. The third-order valence-electron chi connectivity index (χ3n) is 0.413. The van der Waals surface area contributed by atoms with Gasteiger partial charge in [-0.05, 0) is 0 Å². The molecule has 62 valence electrons. The molecule has 0 spiro atoms. The number of alkyl halides is 2. The fourth-order valence-corrected chi connectivity index (χ4v) is 0.411. The number of hydrogen-bond acceptors (Lipinski definition) is 4. The molecule has 9 heteroatoms. The summed E-state index contributed by atoms with van der Waals surface area (Å²) >= 11 is 0. The van der Waals surface area contributed by atoms with Gasteiger partial charge in [-0.15, -0.1) is 0 Å². The quantitative estimate of drug-likeness (QED) is 0.389. The van der Waals surface area contributed by atoms with Gasteiger partial charge in [-0.3, -0.25) is 0 Å². The Morgan fingerprint density at radius 2 is 1.91 bits per heavy atom. The largest absolute Gasteiger partial charge is 1.00 e. The van der Waals surface area contributed by atoms with E-state index in [1.165, 1.54) is 0 Å². The molecule has 0 saturated heterocycles. The Morgan fingerprint density at radius 1 is 1.55 bits per heavy atom. The molecule has 0 amide bonds. The van der Waals surface area contributed by atoms with E-state index >= 15 is 0 Å². The molecule has 0 aliphatic rings. The van der Waals surface area contributed by atoms with E-state index in [2.05, 4.69) is 4.18 Å². The first kappa shape index (κ1) is 13.8. The Kier molecular flexibility index (Phi) is 6.26. The Hall–Kier alpha value is 0.240. The second kappa shape index (κ2) is 4.99. The van der Waals surface area contributed by atoms with Crippen LogP contribution in [0.25, 0.3) is 0 Å². The summed E-state index contributed by atoms with van der Waals surface area (Å²) in [5.41, 5.74) is 0. The Balaban J connectivity index is -0.000000405. The van der Waals surface area contributed by atoms with E-state index < -0.39 is 22.0 Å². The average Bonchev–Trinajstić information content (AvgIpc) is 1.60. The van der Waals surface area contributed by atoms with Crippen molar-refractivity contribution in [3.63, 3.8) is 0 Å². The summed E-state index contributed by atoms with van der Waals surface area (Å²) < 4.78 is 44.5. The fraction of sp³-hybridized carbons (Fsp3) is 0.500. The molecule has 0 aromatic carbocycles. The van der Waals surface area contributed by atoms with Crippen molar-refractivity contribution in [3.8, 4) is 0 Å². The van der Waals surface area contributed by atoms with Crippen molar-refractivity contribution >= 4 is 15.4 Å². The van der Waals surface area contributed by atoms with Crippen LogP contribution in [0, 0.1) is 0 Å². The van der Waals surface area contributed by atoms with E-state index in [1.54, 1.807) is 0 Å². The molecule has 0 aromatic heterocycles. The van der Waals surface area contributed by atoms with Gasteiger partial charge in [0.1, 0.15) is 0 Å². The van der Waals surface area contributed by atoms with Crippen molar-refractivity contribution in [2.24, 2.45) is 0 Å². The van der Waals surface area contributed by atoms with Gasteiger partial charge in [-0.2, -0.15) is 21.4 Å². The third-order valence-corrected chi connectivity index (χ3v) is 1.24. The summed E-state index contributed by atoms with van der Waals surface area (Å²) in [6.07, 6.45) is 0. The van der Waals surface area contributed by atoms with Crippen LogP contribution in [-0.4, -0.2) is 25.4 Å². The molecular weight excluding hydrogens is 197 g/mol. The van der Waals surface area contributed by atoms with Crippen LogP contribution in [0.1, 0.15) is 1.43 Å². The summed E-state index contributed by atoms with van der Waals surface area (Å²) in [6, 6.07) is 0. The molecular formula is C2H3F2NaO5S. The molecule has 0 aliphatic heterocycles. The van der Waals surface area contributed by atoms with Crippen LogP contribution in [-0.2, 0) is 14.3 Å². The summed E-state index contributed by atoms with van der Waals surface area (Å²) in [6.45, 7) is -3.64. The summed E-state index contributed by atoms with van der Waals surface area (Å²) in [7, 11) is -5.13. The zero-order valence-electron chi connectivity index (χ0n) is 6.32. The topological polar surface area (TPSA) is 80.7 Å². The summed E-state index contributed by atoms with van der Waals surface area (Å²) in [5.74, 6) is 0. The van der Waals surface area contributed by atoms with E-state index in [1.807, 2.05) is 0 Å². The van der Waals surface area contributed by atoms with E-state index in [-0.39, 0.29) is 31.0 Å². The van der Waals surface area contributed by atoms with Crippen molar-refractivity contribution in [3.05, 3.63) is 0 Å². The number of carbonyl (C=O) groups is 1. The summed E-state index contributed by atoms with van der Waals surface area (Å²) in [4.78, 5) is 9.51. The molecule has 0 aliphatic carbocycles. The van der Waals surface area contributed by atoms with Crippen LogP contribution in [0.2, 0.25) is 0 Å². The molecule has 0 heterocycles. The van der Waals surface area contributed by atoms with Gasteiger partial charge in [-0.25, -0.2) is 4.79 Å². The molecule has 5 nitrogen and oxygen atoms in total. The van der Waals surface area contributed by atoms with E-state index in [4.69, 9.17) is 5.11 Å². The zero-order valence-corrected chi connectivity index (χ0v) is 8.14. The van der Waals surface area contributed by atoms with Crippen LogP contribution in [0.5, 0.6) is 0 Å². The van der Waals surface area contributed by atoms with Crippen LogP contribution in [0.4, 0.5) is 13.6 Å². The monoisotopic (exact) mass is 200 g/mol.